The third kappa shape index (κ3) is 7.34. The van der Waals surface area contributed by atoms with Crippen molar-refractivity contribution in [3.8, 4) is 0 Å². The van der Waals surface area contributed by atoms with Gasteiger partial charge in [0.15, 0.2) is 0 Å². The van der Waals surface area contributed by atoms with Crippen molar-refractivity contribution in [3.05, 3.63) is 94.5 Å². The maximum atomic E-state index is 13.8. The summed E-state index contributed by atoms with van der Waals surface area (Å²) in [4.78, 5) is 41.1. The minimum atomic E-state index is -1.35. The number of nitrogens with one attached hydrogen (secondary N) is 3. The van der Waals surface area contributed by atoms with E-state index in [1.54, 1.807) is 72.8 Å². The molecule has 1 aliphatic rings. The first-order valence-electron chi connectivity index (χ1n) is 12.4. The highest BCUT2D eigenvalue weighted by Crippen LogP contribution is 2.30. The van der Waals surface area contributed by atoms with Crippen molar-refractivity contribution in [2.24, 2.45) is 5.92 Å². The van der Waals surface area contributed by atoms with Gasteiger partial charge in [-0.3, -0.25) is 14.4 Å². The predicted octanol–water partition coefficient (Wildman–Crippen LogP) is 6.42. The molecule has 0 bridgehead atoms. The first kappa shape index (κ1) is 26.7. The van der Waals surface area contributed by atoms with Gasteiger partial charge in [-0.15, -0.1) is 0 Å². The van der Waals surface area contributed by atoms with Gasteiger partial charge in [0.05, 0.1) is 5.92 Å². The molecular weight excluding hydrogens is 509 g/mol. The molecule has 1 unspecified atom stereocenters. The van der Waals surface area contributed by atoms with E-state index in [9.17, 15) is 14.4 Å². The molecule has 0 spiro atoms. The highest BCUT2D eigenvalue weighted by molar-refractivity contribution is 6.31. The van der Waals surface area contributed by atoms with Crippen LogP contribution in [0.3, 0.4) is 0 Å². The second kappa shape index (κ2) is 12.7. The monoisotopic (exact) mass is 537 g/mol. The van der Waals surface area contributed by atoms with Crippen molar-refractivity contribution in [2.45, 2.75) is 44.1 Å². The lowest BCUT2D eigenvalue weighted by molar-refractivity contribution is -0.136. The number of amides is 3. The number of benzene rings is 3. The average Bonchev–Trinajstić information content (AvgIpc) is 2.90. The van der Waals surface area contributed by atoms with Crippen LogP contribution in [0, 0.1) is 5.92 Å². The Morgan fingerprint density at radius 3 is 1.62 bits per heavy atom. The number of carbonyl (C=O) groups is 3. The molecule has 3 N–H and O–H groups in total. The van der Waals surface area contributed by atoms with Gasteiger partial charge >= 0.3 is 0 Å². The molecule has 37 heavy (non-hydrogen) atoms. The Morgan fingerprint density at radius 1 is 0.649 bits per heavy atom. The summed E-state index contributed by atoms with van der Waals surface area (Å²) < 4.78 is 0. The number of hydrogen-bond donors (Lipinski definition) is 3. The summed E-state index contributed by atoms with van der Waals surface area (Å²) in [6.07, 6.45) is 4.98. The summed E-state index contributed by atoms with van der Waals surface area (Å²) in [5, 5.41) is 9.74. The van der Waals surface area contributed by atoms with Crippen LogP contribution in [0.2, 0.25) is 10.0 Å². The largest absolute Gasteiger partial charge is 0.353 e. The van der Waals surface area contributed by atoms with E-state index in [4.69, 9.17) is 23.2 Å². The molecule has 0 aliphatic heterocycles. The summed E-state index contributed by atoms with van der Waals surface area (Å²) >= 11 is 12.0. The maximum Gasteiger partial charge on any atom is 0.238 e. The first-order valence-corrected chi connectivity index (χ1v) is 13.1. The standard InChI is InChI=1S/C29H29Cl2N3O3/c30-20-11-15-23(16-12-20)33-28(36)26(29(37)34-24-17-13-21(31)14-18-24)25(19-7-3-1-4-8-19)27(35)32-22-9-5-2-6-10-22/h1,3-4,7-8,11-18,22,25-26H,2,5-6,9-10H2,(H,32,35)(H,33,36)(H,34,37). The lowest BCUT2D eigenvalue weighted by atomic mass is 9.83. The van der Waals surface area contributed by atoms with Crippen molar-refractivity contribution in [2.75, 3.05) is 10.6 Å². The second-order valence-corrected chi connectivity index (χ2v) is 10.1. The number of halogens is 2. The van der Waals surface area contributed by atoms with Gasteiger partial charge in [0, 0.05) is 27.5 Å². The fourth-order valence-corrected chi connectivity index (χ4v) is 4.87. The summed E-state index contributed by atoms with van der Waals surface area (Å²) in [6.45, 7) is 0. The van der Waals surface area contributed by atoms with Gasteiger partial charge in [0.25, 0.3) is 0 Å². The van der Waals surface area contributed by atoms with Crippen LogP contribution in [0.4, 0.5) is 11.4 Å². The van der Waals surface area contributed by atoms with Crippen LogP contribution >= 0.6 is 23.2 Å². The Hall–Kier alpha value is -3.35. The molecule has 8 heteroatoms. The highest BCUT2D eigenvalue weighted by Gasteiger charge is 2.41. The Kier molecular flexibility index (Phi) is 9.20. The maximum absolute atomic E-state index is 13.8. The average molecular weight is 538 g/mol. The third-order valence-corrected chi connectivity index (χ3v) is 7.02. The normalized spacial score (nSPS) is 14.6. The molecular formula is C29H29Cl2N3O3. The first-order chi connectivity index (χ1) is 17.9. The van der Waals surface area contributed by atoms with E-state index < -0.39 is 23.7 Å². The van der Waals surface area contributed by atoms with E-state index in [0.29, 0.717) is 27.0 Å². The van der Waals surface area contributed by atoms with Crippen molar-refractivity contribution in [3.63, 3.8) is 0 Å². The van der Waals surface area contributed by atoms with E-state index in [1.165, 1.54) is 0 Å². The van der Waals surface area contributed by atoms with E-state index in [0.717, 1.165) is 32.1 Å². The van der Waals surface area contributed by atoms with Crippen LogP contribution < -0.4 is 16.0 Å². The van der Waals surface area contributed by atoms with E-state index in [1.807, 2.05) is 6.07 Å². The summed E-state index contributed by atoms with van der Waals surface area (Å²) in [5.41, 5.74) is 1.52. The van der Waals surface area contributed by atoms with Gasteiger partial charge in [-0.1, -0.05) is 72.8 Å². The van der Waals surface area contributed by atoms with Crippen molar-refractivity contribution in [1.82, 2.24) is 5.32 Å². The molecule has 3 aromatic rings. The number of carbonyl (C=O) groups excluding carboxylic acids is 3. The molecule has 0 radical (unpaired) electrons. The Morgan fingerprint density at radius 2 is 1.14 bits per heavy atom. The van der Waals surface area contributed by atoms with Crippen LogP contribution in [0.25, 0.3) is 0 Å². The van der Waals surface area contributed by atoms with E-state index in [-0.39, 0.29) is 11.9 Å². The quantitative estimate of drug-likeness (QED) is 0.289. The molecule has 192 valence electrons. The number of anilines is 2. The van der Waals surface area contributed by atoms with Crippen LogP contribution in [-0.2, 0) is 14.4 Å². The molecule has 3 aromatic carbocycles. The Balaban J connectivity index is 1.68. The second-order valence-electron chi connectivity index (χ2n) is 9.20. The van der Waals surface area contributed by atoms with Crippen molar-refractivity contribution < 1.29 is 14.4 Å². The Labute approximate surface area is 226 Å². The molecule has 0 saturated heterocycles. The molecule has 1 aliphatic carbocycles. The van der Waals surface area contributed by atoms with Crippen LogP contribution in [-0.4, -0.2) is 23.8 Å². The third-order valence-electron chi connectivity index (χ3n) is 6.51. The fraction of sp³-hybridized carbons (Fsp3) is 0.276. The molecule has 1 fully saturated rings. The number of hydrogen-bond acceptors (Lipinski definition) is 3. The van der Waals surface area contributed by atoms with Crippen LogP contribution in [0.5, 0.6) is 0 Å². The molecule has 0 aromatic heterocycles. The highest BCUT2D eigenvalue weighted by atomic mass is 35.5. The van der Waals surface area contributed by atoms with Crippen molar-refractivity contribution >= 4 is 52.3 Å². The van der Waals surface area contributed by atoms with Crippen LogP contribution in [0.1, 0.15) is 43.6 Å². The van der Waals surface area contributed by atoms with Gasteiger partial charge in [0.1, 0.15) is 5.92 Å². The zero-order chi connectivity index (χ0) is 26.2. The van der Waals surface area contributed by atoms with E-state index in [2.05, 4.69) is 16.0 Å². The van der Waals surface area contributed by atoms with Crippen molar-refractivity contribution in [1.29, 1.82) is 0 Å². The van der Waals surface area contributed by atoms with Gasteiger partial charge < -0.3 is 16.0 Å². The lowest BCUT2D eigenvalue weighted by Gasteiger charge is -2.29. The molecule has 4 rings (SSSR count). The van der Waals surface area contributed by atoms with Gasteiger partial charge in [-0.2, -0.15) is 0 Å². The zero-order valence-electron chi connectivity index (χ0n) is 20.3. The van der Waals surface area contributed by atoms with Gasteiger partial charge in [-0.05, 0) is 66.9 Å². The van der Waals surface area contributed by atoms with E-state index >= 15 is 0 Å². The zero-order valence-corrected chi connectivity index (χ0v) is 21.8. The van der Waals surface area contributed by atoms with Gasteiger partial charge in [-0.25, -0.2) is 0 Å². The van der Waals surface area contributed by atoms with Crippen LogP contribution in [0.15, 0.2) is 78.9 Å². The molecule has 3 amide bonds. The minimum Gasteiger partial charge on any atom is -0.353 e. The van der Waals surface area contributed by atoms with Gasteiger partial charge in [0.2, 0.25) is 17.7 Å². The minimum absolute atomic E-state index is 0.0202. The lowest BCUT2D eigenvalue weighted by Crippen LogP contribution is -2.47. The molecule has 1 atom stereocenters. The molecule has 1 saturated carbocycles. The summed E-state index contributed by atoms with van der Waals surface area (Å²) in [6, 6.07) is 22.1. The Bertz CT molecular complexity index is 1150. The number of rotatable bonds is 8. The summed E-state index contributed by atoms with van der Waals surface area (Å²) in [7, 11) is 0. The molecule has 6 nitrogen and oxygen atoms in total. The molecule has 0 heterocycles. The summed E-state index contributed by atoms with van der Waals surface area (Å²) in [5.74, 6) is -3.93. The predicted molar refractivity (Wildman–Crippen MR) is 148 cm³/mol. The smallest absolute Gasteiger partial charge is 0.238 e. The topological polar surface area (TPSA) is 87.3 Å². The SMILES string of the molecule is O=C(Nc1ccc(Cl)cc1)C(C(=O)Nc1ccc(Cl)cc1)C(C(=O)NC1CCCCC1)c1ccccc1. The fourth-order valence-electron chi connectivity index (χ4n) is 4.62.